The molecule has 0 aliphatic carbocycles. The van der Waals surface area contributed by atoms with Gasteiger partial charge in [0, 0.05) is 17.7 Å². The first kappa shape index (κ1) is 18.0. The minimum absolute atomic E-state index is 0.0116. The van der Waals surface area contributed by atoms with Crippen LogP contribution in [0.3, 0.4) is 0 Å². The third kappa shape index (κ3) is 3.31. The molecule has 2 aromatic carbocycles. The van der Waals surface area contributed by atoms with Gasteiger partial charge in [0.1, 0.15) is 24.2 Å². The first-order chi connectivity index (χ1) is 13.7. The monoisotopic (exact) mass is 378 g/mol. The van der Waals surface area contributed by atoms with E-state index in [-0.39, 0.29) is 11.9 Å². The molecule has 1 unspecified atom stereocenters. The highest BCUT2D eigenvalue weighted by atomic mass is 16.5. The predicted octanol–water partition coefficient (Wildman–Crippen LogP) is 3.26. The normalized spacial score (nSPS) is 16.2. The molecule has 1 aromatic heterocycles. The van der Waals surface area contributed by atoms with Crippen molar-refractivity contribution in [3.8, 4) is 17.2 Å². The molecule has 0 bridgehead atoms. The van der Waals surface area contributed by atoms with Crippen molar-refractivity contribution < 1.29 is 14.3 Å². The van der Waals surface area contributed by atoms with Crippen LogP contribution in [0.5, 0.6) is 11.5 Å². The Hall–Kier alpha value is -3.35. The molecule has 1 fully saturated rings. The quantitative estimate of drug-likeness (QED) is 0.682. The number of carbonyl (C=O) groups is 1. The summed E-state index contributed by atoms with van der Waals surface area (Å²) < 4.78 is 12.6. The number of methoxy groups -OCH3 is 2. The van der Waals surface area contributed by atoms with Crippen molar-refractivity contribution in [1.82, 2.24) is 19.7 Å². The van der Waals surface area contributed by atoms with Crippen LogP contribution in [-0.2, 0) is 0 Å². The molecule has 1 saturated heterocycles. The van der Waals surface area contributed by atoms with Crippen LogP contribution in [0.15, 0.2) is 55.1 Å². The smallest absolute Gasteiger partial charge is 0.254 e. The summed E-state index contributed by atoms with van der Waals surface area (Å²) in [7, 11) is 3.29. The fraction of sp³-hybridized carbons (Fsp3) is 0.286. The second-order valence-corrected chi connectivity index (χ2v) is 6.65. The van der Waals surface area contributed by atoms with Crippen molar-refractivity contribution in [2.45, 2.75) is 18.9 Å². The molecule has 28 heavy (non-hydrogen) atoms. The lowest BCUT2D eigenvalue weighted by Crippen LogP contribution is -2.30. The van der Waals surface area contributed by atoms with Crippen LogP contribution in [0.1, 0.15) is 34.8 Å². The molecule has 1 aliphatic heterocycles. The van der Waals surface area contributed by atoms with E-state index in [4.69, 9.17) is 9.47 Å². The number of aromatic nitrogens is 3. The maximum absolute atomic E-state index is 13.2. The van der Waals surface area contributed by atoms with E-state index in [0.717, 1.165) is 35.6 Å². The molecular weight excluding hydrogens is 356 g/mol. The summed E-state index contributed by atoms with van der Waals surface area (Å²) >= 11 is 0. The minimum Gasteiger partial charge on any atom is -0.497 e. The molecule has 0 saturated carbocycles. The lowest BCUT2D eigenvalue weighted by atomic mass is 10.0. The zero-order valence-electron chi connectivity index (χ0n) is 15.9. The van der Waals surface area contributed by atoms with Crippen molar-refractivity contribution >= 4 is 5.91 Å². The Morgan fingerprint density at radius 2 is 1.93 bits per heavy atom. The Morgan fingerprint density at radius 3 is 2.61 bits per heavy atom. The number of likely N-dealkylation sites (tertiary alicyclic amines) is 1. The molecule has 1 amide bonds. The molecular formula is C21H22N4O3. The Balaban J connectivity index is 1.61. The molecule has 144 valence electrons. The van der Waals surface area contributed by atoms with Gasteiger partial charge in [0.25, 0.3) is 5.91 Å². The molecule has 7 heteroatoms. The summed E-state index contributed by atoms with van der Waals surface area (Å²) in [5.41, 5.74) is 2.49. The lowest BCUT2D eigenvalue weighted by Gasteiger charge is -2.27. The van der Waals surface area contributed by atoms with Gasteiger partial charge in [0.2, 0.25) is 0 Å². The van der Waals surface area contributed by atoms with E-state index >= 15 is 0 Å². The average Bonchev–Trinajstić information content (AvgIpc) is 3.45. The van der Waals surface area contributed by atoms with Gasteiger partial charge in [-0.2, -0.15) is 5.10 Å². The largest absolute Gasteiger partial charge is 0.497 e. The van der Waals surface area contributed by atoms with Crippen LogP contribution in [0.4, 0.5) is 0 Å². The highest BCUT2D eigenvalue weighted by molar-refractivity contribution is 5.95. The molecule has 2 heterocycles. The Bertz CT molecular complexity index is 954. The molecule has 7 nitrogen and oxygen atoms in total. The van der Waals surface area contributed by atoms with E-state index in [1.165, 1.54) is 6.33 Å². The van der Waals surface area contributed by atoms with Crippen LogP contribution in [0.2, 0.25) is 0 Å². The Labute approximate surface area is 163 Å². The molecule has 3 aromatic rings. The number of amides is 1. The minimum atomic E-state index is -0.0347. The standard InChI is InChI=1S/C21H22N4O3/c1-27-17-9-10-20(28-2)18(12-17)19-4-3-11-24(19)21(26)15-5-7-16(8-6-15)25-14-22-13-23-25/h5-10,12-14,19H,3-4,11H2,1-2H3. The van der Waals surface area contributed by atoms with Crippen LogP contribution >= 0.6 is 0 Å². The third-order valence-electron chi connectivity index (χ3n) is 5.11. The third-order valence-corrected chi connectivity index (χ3v) is 5.11. The molecule has 0 spiro atoms. The predicted molar refractivity (Wildman–Crippen MR) is 104 cm³/mol. The number of ether oxygens (including phenoxy) is 2. The zero-order chi connectivity index (χ0) is 19.5. The number of hydrogen-bond donors (Lipinski definition) is 0. The maximum atomic E-state index is 13.2. The highest BCUT2D eigenvalue weighted by Crippen LogP contribution is 2.39. The number of rotatable bonds is 5. The van der Waals surface area contributed by atoms with Gasteiger partial charge >= 0.3 is 0 Å². The van der Waals surface area contributed by atoms with Gasteiger partial charge in [-0.05, 0) is 55.3 Å². The number of hydrogen-bond acceptors (Lipinski definition) is 5. The van der Waals surface area contributed by atoms with Gasteiger partial charge in [-0.3, -0.25) is 4.79 Å². The summed E-state index contributed by atoms with van der Waals surface area (Å²) in [4.78, 5) is 19.1. The maximum Gasteiger partial charge on any atom is 0.254 e. The topological polar surface area (TPSA) is 69.5 Å². The van der Waals surface area contributed by atoms with Crippen LogP contribution in [0, 0.1) is 0 Å². The van der Waals surface area contributed by atoms with Crippen molar-refractivity contribution in [2.24, 2.45) is 0 Å². The summed E-state index contributed by atoms with van der Waals surface area (Å²) in [6.45, 7) is 0.717. The van der Waals surface area contributed by atoms with E-state index in [1.807, 2.05) is 47.4 Å². The average molecular weight is 378 g/mol. The number of carbonyl (C=O) groups excluding carboxylic acids is 1. The highest BCUT2D eigenvalue weighted by Gasteiger charge is 2.32. The SMILES string of the molecule is COc1ccc(OC)c(C2CCCN2C(=O)c2ccc(-n3cncn3)cc2)c1. The number of nitrogens with zero attached hydrogens (tertiary/aromatic N) is 4. The van der Waals surface area contributed by atoms with E-state index in [0.29, 0.717) is 12.1 Å². The summed E-state index contributed by atoms with van der Waals surface area (Å²) in [6.07, 6.45) is 4.96. The van der Waals surface area contributed by atoms with Gasteiger partial charge < -0.3 is 14.4 Å². The Morgan fingerprint density at radius 1 is 1.11 bits per heavy atom. The second kappa shape index (κ2) is 7.72. The molecule has 4 rings (SSSR count). The summed E-state index contributed by atoms with van der Waals surface area (Å²) in [6, 6.07) is 13.1. The van der Waals surface area contributed by atoms with E-state index in [2.05, 4.69) is 10.1 Å². The van der Waals surface area contributed by atoms with E-state index < -0.39 is 0 Å². The van der Waals surface area contributed by atoms with Gasteiger partial charge in [-0.15, -0.1) is 0 Å². The van der Waals surface area contributed by atoms with Gasteiger partial charge in [-0.1, -0.05) is 0 Å². The number of benzene rings is 2. The van der Waals surface area contributed by atoms with Crippen molar-refractivity contribution in [1.29, 1.82) is 0 Å². The first-order valence-electron chi connectivity index (χ1n) is 9.19. The fourth-order valence-corrected chi connectivity index (χ4v) is 3.70. The molecule has 0 N–H and O–H groups in total. The van der Waals surface area contributed by atoms with Gasteiger partial charge in [0.05, 0.1) is 25.9 Å². The van der Waals surface area contributed by atoms with Gasteiger partial charge in [0.15, 0.2) is 0 Å². The van der Waals surface area contributed by atoms with E-state index in [1.54, 1.807) is 25.2 Å². The van der Waals surface area contributed by atoms with E-state index in [9.17, 15) is 4.79 Å². The first-order valence-corrected chi connectivity index (χ1v) is 9.19. The summed E-state index contributed by atoms with van der Waals surface area (Å²) in [5.74, 6) is 1.54. The second-order valence-electron chi connectivity index (χ2n) is 6.65. The van der Waals surface area contributed by atoms with Crippen LogP contribution in [-0.4, -0.2) is 46.3 Å². The summed E-state index contributed by atoms with van der Waals surface area (Å²) in [5, 5.41) is 4.11. The van der Waals surface area contributed by atoms with Crippen molar-refractivity contribution in [3.63, 3.8) is 0 Å². The molecule has 1 aliphatic rings. The molecule has 1 atom stereocenters. The van der Waals surface area contributed by atoms with Gasteiger partial charge in [-0.25, -0.2) is 9.67 Å². The van der Waals surface area contributed by atoms with Crippen molar-refractivity contribution in [3.05, 3.63) is 66.2 Å². The lowest BCUT2D eigenvalue weighted by molar-refractivity contribution is 0.0734. The van der Waals surface area contributed by atoms with Crippen LogP contribution < -0.4 is 9.47 Å². The fourth-order valence-electron chi connectivity index (χ4n) is 3.70. The van der Waals surface area contributed by atoms with Crippen LogP contribution in [0.25, 0.3) is 5.69 Å². The van der Waals surface area contributed by atoms with Crippen molar-refractivity contribution in [2.75, 3.05) is 20.8 Å². The Kier molecular flexibility index (Phi) is 4.97. The molecule has 0 radical (unpaired) electrons. The zero-order valence-corrected chi connectivity index (χ0v) is 15.9.